The molecule has 5 nitrogen and oxygen atoms in total. The van der Waals surface area contributed by atoms with Crippen LogP contribution in [0.25, 0.3) is 0 Å². The minimum absolute atomic E-state index is 0.00681. The molecule has 1 heterocycles. The molecule has 3 rings (SSSR count). The Balaban J connectivity index is 1.99. The number of rotatable bonds is 3. The molecule has 0 aliphatic heterocycles. The zero-order chi connectivity index (χ0) is 15.0. The SMILES string of the molecule is O=S(=O)(Nc1noc2c1CCCC2)c1c(F)cccc1F. The maximum Gasteiger partial charge on any atom is 0.269 e. The van der Waals surface area contributed by atoms with Crippen LogP contribution in [0, 0.1) is 11.6 Å². The first-order valence-corrected chi connectivity index (χ1v) is 7.91. The van der Waals surface area contributed by atoms with E-state index in [1.54, 1.807) is 0 Å². The molecule has 1 aromatic carbocycles. The normalized spacial score (nSPS) is 14.8. The van der Waals surface area contributed by atoms with E-state index < -0.39 is 26.6 Å². The van der Waals surface area contributed by atoms with Crippen LogP contribution >= 0.6 is 0 Å². The summed E-state index contributed by atoms with van der Waals surface area (Å²) >= 11 is 0. The number of hydrogen-bond acceptors (Lipinski definition) is 4. The number of sulfonamides is 1. The van der Waals surface area contributed by atoms with E-state index in [0.29, 0.717) is 24.2 Å². The highest BCUT2D eigenvalue weighted by Gasteiger charge is 2.28. The van der Waals surface area contributed by atoms with Gasteiger partial charge in [0.15, 0.2) is 10.7 Å². The van der Waals surface area contributed by atoms with E-state index in [2.05, 4.69) is 9.88 Å². The van der Waals surface area contributed by atoms with Gasteiger partial charge in [-0.15, -0.1) is 0 Å². The van der Waals surface area contributed by atoms with Crippen LogP contribution in [0.5, 0.6) is 0 Å². The first-order chi connectivity index (χ1) is 9.99. The van der Waals surface area contributed by atoms with Crippen LogP contribution in [0.15, 0.2) is 27.6 Å². The van der Waals surface area contributed by atoms with Crippen molar-refractivity contribution in [3.63, 3.8) is 0 Å². The summed E-state index contributed by atoms with van der Waals surface area (Å²) in [6.45, 7) is 0. The molecule has 0 saturated carbocycles. The van der Waals surface area contributed by atoms with Gasteiger partial charge < -0.3 is 4.52 Å². The zero-order valence-electron chi connectivity index (χ0n) is 10.9. The summed E-state index contributed by atoms with van der Waals surface area (Å²) in [5.74, 6) is -1.68. The standard InChI is InChI=1S/C13H12F2N2O3S/c14-9-5-3-6-10(15)12(9)21(18,19)17-13-8-4-1-2-7-11(8)20-16-13/h3,5-6H,1-2,4,7H2,(H,16,17). The third-order valence-electron chi connectivity index (χ3n) is 3.37. The van der Waals surface area contributed by atoms with E-state index in [1.807, 2.05) is 0 Å². The summed E-state index contributed by atoms with van der Waals surface area (Å²) in [5.41, 5.74) is 0.654. The fourth-order valence-corrected chi connectivity index (χ4v) is 3.55. The molecule has 2 aromatic rings. The van der Waals surface area contributed by atoms with Gasteiger partial charge >= 0.3 is 0 Å². The highest BCUT2D eigenvalue weighted by atomic mass is 32.2. The summed E-state index contributed by atoms with van der Waals surface area (Å²) in [6, 6.07) is 2.87. The molecule has 0 amide bonds. The van der Waals surface area contributed by atoms with Gasteiger partial charge in [-0.2, -0.15) is 0 Å². The minimum atomic E-state index is -4.40. The minimum Gasteiger partial charge on any atom is -0.359 e. The molecule has 0 radical (unpaired) electrons. The molecule has 0 fully saturated rings. The van der Waals surface area contributed by atoms with Gasteiger partial charge in [0.05, 0.1) is 0 Å². The van der Waals surface area contributed by atoms with E-state index in [0.717, 1.165) is 31.0 Å². The Morgan fingerprint density at radius 3 is 2.52 bits per heavy atom. The van der Waals surface area contributed by atoms with Gasteiger partial charge in [0.25, 0.3) is 10.0 Å². The molecule has 0 saturated heterocycles. The molecule has 8 heteroatoms. The van der Waals surface area contributed by atoms with Crippen LogP contribution < -0.4 is 4.72 Å². The Labute approximate surface area is 120 Å². The van der Waals surface area contributed by atoms with E-state index in [1.165, 1.54) is 0 Å². The second kappa shape index (κ2) is 5.10. The van der Waals surface area contributed by atoms with Crippen molar-refractivity contribution in [2.24, 2.45) is 0 Å². The molecular weight excluding hydrogens is 302 g/mol. The summed E-state index contributed by atoms with van der Waals surface area (Å²) in [6.07, 6.45) is 3.13. The maximum atomic E-state index is 13.6. The second-order valence-electron chi connectivity index (χ2n) is 4.80. The third-order valence-corrected chi connectivity index (χ3v) is 4.76. The van der Waals surface area contributed by atoms with Gasteiger partial charge in [-0.05, 0) is 31.4 Å². The van der Waals surface area contributed by atoms with Gasteiger partial charge in [-0.1, -0.05) is 11.2 Å². The molecule has 1 aromatic heterocycles. The molecular formula is C13H12F2N2O3S. The average Bonchev–Trinajstić information content (AvgIpc) is 2.81. The first kappa shape index (κ1) is 14.0. The Bertz CT molecular complexity index is 766. The number of fused-ring (bicyclic) bond motifs is 1. The van der Waals surface area contributed by atoms with Crippen molar-refractivity contribution < 1.29 is 21.7 Å². The third kappa shape index (κ3) is 2.51. The van der Waals surface area contributed by atoms with E-state index >= 15 is 0 Å². The highest BCUT2D eigenvalue weighted by molar-refractivity contribution is 7.92. The lowest BCUT2D eigenvalue weighted by Crippen LogP contribution is -2.18. The van der Waals surface area contributed by atoms with Gasteiger partial charge in [0.2, 0.25) is 0 Å². The highest BCUT2D eigenvalue weighted by Crippen LogP contribution is 2.29. The molecule has 0 spiro atoms. The number of benzene rings is 1. The lowest BCUT2D eigenvalue weighted by Gasteiger charge is -2.11. The number of halogens is 2. The van der Waals surface area contributed by atoms with Gasteiger partial charge in [0, 0.05) is 12.0 Å². The average molecular weight is 314 g/mol. The zero-order valence-corrected chi connectivity index (χ0v) is 11.7. The van der Waals surface area contributed by atoms with E-state index in [-0.39, 0.29) is 5.82 Å². The summed E-state index contributed by atoms with van der Waals surface area (Å²) in [5, 5.41) is 3.66. The summed E-state index contributed by atoms with van der Waals surface area (Å²) in [4.78, 5) is -1.02. The topological polar surface area (TPSA) is 72.2 Å². The number of aromatic nitrogens is 1. The van der Waals surface area contributed by atoms with Crippen molar-refractivity contribution >= 4 is 15.8 Å². The smallest absolute Gasteiger partial charge is 0.269 e. The van der Waals surface area contributed by atoms with Gasteiger partial charge in [-0.25, -0.2) is 17.2 Å². The monoisotopic (exact) mass is 314 g/mol. The number of nitrogens with one attached hydrogen (secondary N) is 1. The van der Waals surface area contributed by atoms with Crippen molar-refractivity contribution in [2.45, 2.75) is 30.6 Å². The fraction of sp³-hybridized carbons (Fsp3) is 0.308. The number of hydrogen-bond donors (Lipinski definition) is 1. The molecule has 21 heavy (non-hydrogen) atoms. The molecule has 1 aliphatic carbocycles. The Kier molecular flexibility index (Phi) is 3.40. The number of aryl methyl sites for hydroxylation is 1. The lowest BCUT2D eigenvalue weighted by molar-refractivity contribution is 0.374. The van der Waals surface area contributed by atoms with Crippen LogP contribution in [0.2, 0.25) is 0 Å². The van der Waals surface area contributed by atoms with E-state index in [4.69, 9.17) is 4.52 Å². The van der Waals surface area contributed by atoms with Crippen molar-refractivity contribution in [3.05, 3.63) is 41.2 Å². The molecule has 0 unspecified atom stereocenters. The van der Waals surface area contributed by atoms with Crippen molar-refractivity contribution in [2.75, 3.05) is 4.72 Å². The predicted octanol–water partition coefficient (Wildman–Crippen LogP) is 2.63. The van der Waals surface area contributed by atoms with Crippen LogP contribution in [0.1, 0.15) is 24.2 Å². The number of nitrogens with zero attached hydrogens (tertiary/aromatic N) is 1. The molecule has 1 N–H and O–H groups in total. The van der Waals surface area contributed by atoms with Crippen molar-refractivity contribution in [1.82, 2.24) is 5.16 Å². The second-order valence-corrected chi connectivity index (χ2v) is 6.42. The molecule has 1 aliphatic rings. The Morgan fingerprint density at radius 2 is 1.81 bits per heavy atom. The molecule has 0 bridgehead atoms. The maximum absolute atomic E-state index is 13.6. The quantitative estimate of drug-likeness (QED) is 0.945. The van der Waals surface area contributed by atoms with Gasteiger partial charge in [-0.3, -0.25) is 4.72 Å². The van der Waals surface area contributed by atoms with Crippen molar-refractivity contribution in [3.8, 4) is 0 Å². The molecule has 0 atom stereocenters. The predicted molar refractivity (Wildman–Crippen MR) is 70.3 cm³/mol. The van der Waals surface area contributed by atoms with Gasteiger partial charge in [0.1, 0.15) is 17.4 Å². The lowest BCUT2D eigenvalue weighted by atomic mass is 9.98. The summed E-state index contributed by atoms with van der Waals surface area (Å²) < 4.78 is 58.7. The summed E-state index contributed by atoms with van der Waals surface area (Å²) in [7, 11) is -4.40. The largest absolute Gasteiger partial charge is 0.359 e. The fourth-order valence-electron chi connectivity index (χ4n) is 2.38. The first-order valence-electron chi connectivity index (χ1n) is 6.43. The van der Waals surface area contributed by atoms with Crippen LogP contribution in [-0.4, -0.2) is 13.6 Å². The van der Waals surface area contributed by atoms with E-state index in [9.17, 15) is 17.2 Å². The van der Waals surface area contributed by atoms with Crippen LogP contribution in [0.4, 0.5) is 14.6 Å². The van der Waals surface area contributed by atoms with Crippen LogP contribution in [-0.2, 0) is 22.9 Å². The Hall–Kier alpha value is -1.96. The van der Waals surface area contributed by atoms with Crippen LogP contribution in [0.3, 0.4) is 0 Å². The van der Waals surface area contributed by atoms with Crippen molar-refractivity contribution in [1.29, 1.82) is 0 Å². The number of anilines is 1. The molecule has 112 valence electrons. The Morgan fingerprint density at radius 1 is 1.14 bits per heavy atom.